The van der Waals surface area contributed by atoms with Crippen molar-refractivity contribution < 1.29 is 0 Å². The van der Waals surface area contributed by atoms with Crippen molar-refractivity contribution >= 4 is 40.8 Å². The van der Waals surface area contributed by atoms with Gasteiger partial charge < -0.3 is 20.1 Å². The van der Waals surface area contributed by atoms with E-state index in [2.05, 4.69) is 70.5 Å². The minimum atomic E-state index is 0. The number of hydrogen-bond acceptors (Lipinski definition) is 2. The highest BCUT2D eigenvalue weighted by atomic mass is 127. The zero-order chi connectivity index (χ0) is 18.2. The van der Waals surface area contributed by atoms with E-state index in [1.165, 1.54) is 30.4 Å². The van der Waals surface area contributed by atoms with Crippen LogP contribution in [0.2, 0.25) is 0 Å². The molecule has 0 radical (unpaired) electrons. The number of halogens is 1. The average molecular weight is 483 g/mol. The highest BCUT2D eigenvalue weighted by Crippen LogP contribution is 2.16. The molecule has 1 unspecified atom stereocenters. The Labute approximate surface area is 180 Å². The van der Waals surface area contributed by atoms with E-state index in [1.807, 2.05) is 0 Å². The number of aromatic nitrogens is 1. The van der Waals surface area contributed by atoms with E-state index in [1.54, 1.807) is 0 Å². The molecule has 1 aromatic carbocycles. The molecule has 5 nitrogen and oxygen atoms in total. The second kappa shape index (κ2) is 11.5. The molecule has 150 valence electrons. The van der Waals surface area contributed by atoms with Crippen molar-refractivity contribution in [2.45, 2.75) is 33.2 Å². The third kappa shape index (κ3) is 6.38. The Kier molecular flexibility index (Phi) is 9.41. The fourth-order valence-electron chi connectivity index (χ4n) is 3.70. The Bertz CT molecular complexity index is 711. The smallest absolute Gasteiger partial charge is 0.191 e. The molecule has 6 heteroatoms. The van der Waals surface area contributed by atoms with Crippen molar-refractivity contribution in [1.29, 1.82) is 0 Å². The quantitative estimate of drug-likeness (QED) is 0.261. The van der Waals surface area contributed by atoms with Crippen molar-refractivity contribution in [3.63, 3.8) is 0 Å². The number of aryl methyl sites for hydroxylation is 1. The lowest BCUT2D eigenvalue weighted by Crippen LogP contribution is -2.38. The van der Waals surface area contributed by atoms with Crippen LogP contribution in [0, 0.1) is 5.92 Å². The van der Waals surface area contributed by atoms with Gasteiger partial charge in [0.1, 0.15) is 0 Å². The second-order valence-corrected chi connectivity index (χ2v) is 7.12. The van der Waals surface area contributed by atoms with Crippen LogP contribution in [0.4, 0.5) is 0 Å². The first-order valence-electron chi connectivity index (χ1n) is 10.1. The molecule has 0 amide bonds. The molecule has 1 aliphatic heterocycles. The van der Waals surface area contributed by atoms with Gasteiger partial charge in [-0.15, -0.1) is 24.0 Å². The van der Waals surface area contributed by atoms with Crippen LogP contribution in [0.25, 0.3) is 10.9 Å². The monoisotopic (exact) mass is 483 g/mol. The van der Waals surface area contributed by atoms with E-state index < -0.39 is 0 Å². The number of benzene rings is 1. The van der Waals surface area contributed by atoms with Gasteiger partial charge in [0.25, 0.3) is 0 Å². The standard InChI is InChI=1S/C21H33N5.HI/c1-3-22-21(24-16-18-10-14-25(4-2)17-18)23-12-7-13-26-15-11-19-8-5-6-9-20(19)26;/h5-6,8-9,11,15,18H,3-4,7,10,12-14,16-17H2,1-2H3,(H2,22,23,24);1H. The maximum atomic E-state index is 4.81. The minimum Gasteiger partial charge on any atom is -0.357 e. The number of likely N-dealkylation sites (tertiary alicyclic amines) is 1. The van der Waals surface area contributed by atoms with Crippen molar-refractivity contribution in [2.24, 2.45) is 10.9 Å². The molecule has 1 fully saturated rings. The lowest BCUT2D eigenvalue weighted by atomic mass is 10.1. The topological polar surface area (TPSA) is 44.6 Å². The molecule has 1 aliphatic rings. The Morgan fingerprint density at radius 2 is 2.04 bits per heavy atom. The van der Waals surface area contributed by atoms with Gasteiger partial charge in [0, 0.05) is 44.4 Å². The largest absolute Gasteiger partial charge is 0.357 e. The summed E-state index contributed by atoms with van der Waals surface area (Å²) >= 11 is 0. The number of guanidine groups is 1. The molecule has 0 spiro atoms. The summed E-state index contributed by atoms with van der Waals surface area (Å²) in [6, 6.07) is 10.8. The Hall–Kier alpha value is -1.28. The zero-order valence-corrected chi connectivity index (χ0v) is 19.0. The van der Waals surface area contributed by atoms with Crippen LogP contribution in [0.1, 0.15) is 26.7 Å². The summed E-state index contributed by atoms with van der Waals surface area (Å²) < 4.78 is 2.33. The second-order valence-electron chi connectivity index (χ2n) is 7.12. The fraction of sp³-hybridized carbons (Fsp3) is 0.571. The van der Waals surface area contributed by atoms with Crippen LogP contribution in [-0.4, -0.2) is 54.7 Å². The first kappa shape index (κ1) is 22.0. The number of para-hydroxylation sites is 1. The molecule has 1 aromatic heterocycles. The lowest BCUT2D eigenvalue weighted by molar-refractivity contribution is 0.343. The van der Waals surface area contributed by atoms with Crippen LogP contribution in [0.3, 0.4) is 0 Å². The number of rotatable bonds is 8. The Balaban J connectivity index is 0.00000261. The maximum Gasteiger partial charge on any atom is 0.191 e. The van der Waals surface area contributed by atoms with Crippen LogP contribution >= 0.6 is 24.0 Å². The van der Waals surface area contributed by atoms with E-state index in [0.717, 1.165) is 45.1 Å². The minimum absolute atomic E-state index is 0. The Morgan fingerprint density at radius 1 is 1.19 bits per heavy atom. The summed E-state index contributed by atoms with van der Waals surface area (Å²) in [7, 11) is 0. The summed E-state index contributed by atoms with van der Waals surface area (Å²) in [6.07, 6.45) is 4.54. The Morgan fingerprint density at radius 3 is 2.81 bits per heavy atom. The SMILES string of the molecule is CCNC(=NCC1CCN(CC)C1)NCCCn1ccc2ccccc21.I. The average Bonchev–Trinajstić information content (AvgIpc) is 3.30. The molecule has 0 saturated carbocycles. The van der Waals surface area contributed by atoms with Gasteiger partial charge in [-0.1, -0.05) is 25.1 Å². The van der Waals surface area contributed by atoms with Crippen molar-refractivity contribution in [3.8, 4) is 0 Å². The molecule has 2 N–H and O–H groups in total. The number of hydrogen-bond donors (Lipinski definition) is 2. The molecule has 0 aliphatic carbocycles. The molecule has 2 aromatic rings. The predicted octanol–water partition coefficient (Wildman–Crippen LogP) is 3.55. The molecule has 2 heterocycles. The number of fused-ring (bicyclic) bond motifs is 1. The summed E-state index contributed by atoms with van der Waals surface area (Å²) in [5.41, 5.74) is 1.31. The van der Waals surface area contributed by atoms with Gasteiger partial charge in [-0.2, -0.15) is 0 Å². The first-order chi connectivity index (χ1) is 12.8. The highest BCUT2D eigenvalue weighted by Gasteiger charge is 2.20. The molecule has 27 heavy (non-hydrogen) atoms. The molecule has 3 rings (SSSR count). The van der Waals surface area contributed by atoms with E-state index >= 15 is 0 Å². The predicted molar refractivity (Wildman–Crippen MR) is 126 cm³/mol. The van der Waals surface area contributed by atoms with Crippen molar-refractivity contribution in [2.75, 3.05) is 39.3 Å². The van der Waals surface area contributed by atoms with Gasteiger partial charge in [0.05, 0.1) is 0 Å². The van der Waals surface area contributed by atoms with E-state index in [9.17, 15) is 0 Å². The maximum absolute atomic E-state index is 4.81. The molecule has 1 saturated heterocycles. The molecule has 1 atom stereocenters. The van der Waals surface area contributed by atoms with E-state index in [4.69, 9.17) is 4.99 Å². The fourth-order valence-corrected chi connectivity index (χ4v) is 3.70. The zero-order valence-electron chi connectivity index (χ0n) is 16.7. The summed E-state index contributed by atoms with van der Waals surface area (Å²) in [6.45, 7) is 11.7. The lowest BCUT2D eigenvalue weighted by Gasteiger charge is -2.14. The van der Waals surface area contributed by atoms with Crippen molar-refractivity contribution in [3.05, 3.63) is 36.5 Å². The van der Waals surface area contributed by atoms with Crippen LogP contribution in [0.5, 0.6) is 0 Å². The van der Waals surface area contributed by atoms with Crippen LogP contribution in [-0.2, 0) is 6.54 Å². The van der Waals surface area contributed by atoms with Gasteiger partial charge in [0.2, 0.25) is 0 Å². The molecular weight excluding hydrogens is 449 g/mol. The number of aliphatic imine (C=N–C) groups is 1. The summed E-state index contributed by atoms with van der Waals surface area (Å²) in [4.78, 5) is 7.33. The van der Waals surface area contributed by atoms with Gasteiger partial charge in [-0.25, -0.2) is 0 Å². The summed E-state index contributed by atoms with van der Waals surface area (Å²) in [5, 5.41) is 8.18. The van der Waals surface area contributed by atoms with Gasteiger partial charge >= 0.3 is 0 Å². The highest BCUT2D eigenvalue weighted by molar-refractivity contribution is 14.0. The first-order valence-corrected chi connectivity index (χ1v) is 10.1. The van der Waals surface area contributed by atoms with Crippen LogP contribution in [0.15, 0.2) is 41.5 Å². The molecular formula is C21H34IN5. The van der Waals surface area contributed by atoms with Crippen LogP contribution < -0.4 is 10.6 Å². The van der Waals surface area contributed by atoms with Crippen molar-refractivity contribution in [1.82, 2.24) is 20.1 Å². The number of nitrogens with one attached hydrogen (secondary N) is 2. The third-order valence-corrected chi connectivity index (χ3v) is 5.22. The summed E-state index contributed by atoms with van der Waals surface area (Å²) in [5.74, 6) is 1.66. The van der Waals surface area contributed by atoms with Gasteiger partial charge in [-0.3, -0.25) is 4.99 Å². The number of nitrogens with zero attached hydrogens (tertiary/aromatic N) is 3. The van der Waals surface area contributed by atoms with E-state index in [-0.39, 0.29) is 24.0 Å². The molecule has 0 bridgehead atoms. The van der Waals surface area contributed by atoms with Gasteiger partial charge in [-0.05, 0) is 56.3 Å². The van der Waals surface area contributed by atoms with E-state index in [0.29, 0.717) is 5.92 Å². The normalized spacial score (nSPS) is 17.9. The third-order valence-electron chi connectivity index (χ3n) is 5.22. The van der Waals surface area contributed by atoms with Gasteiger partial charge in [0.15, 0.2) is 5.96 Å².